The Kier molecular flexibility index (Phi) is 5.92. The Morgan fingerprint density at radius 3 is 2.65 bits per heavy atom. The second-order valence-electron chi connectivity index (χ2n) is 5.38. The van der Waals surface area contributed by atoms with Crippen LogP contribution in [0.25, 0.3) is 0 Å². The number of pyridine rings is 1. The lowest BCUT2D eigenvalue weighted by Gasteiger charge is -2.28. The lowest BCUT2D eigenvalue weighted by atomic mass is 10.0. The van der Waals surface area contributed by atoms with Gasteiger partial charge in [-0.25, -0.2) is 9.37 Å². The van der Waals surface area contributed by atoms with Gasteiger partial charge in [-0.1, -0.05) is 20.8 Å². The zero-order chi connectivity index (χ0) is 15.3. The Morgan fingerprint density at radius 2 is 2.10 bits per heavy atom. The Labute approximate surface area is 120 Å². The van der Waals surface area contributed by atoms with Gasteiger partial charge in [0.05, 0.1) is 11.8 Å². The van der Waals surface area contributed by atoms with Crippen LogP contribution in [-0.4, -0.2) is 35.4 Å². The summed E-state index contributed by atoms with van der Waals surface area (Å²) in [4.78, 5) is 18.1. The number of hydrogen-bond acceptors (Lipinski definition) is 3. The van der Waals surface area contributed by atoms with E-state index in [4.69, 9.17) is 0 Å². The fourth-order valence-corrected chi connectivity index (χ4v) is 1.81. The van der Waals surface area contributed by atoms with Gasteiger partial charge in [0.25, 0.3) is 5.91 Å². The van der Waals surface area contributed by atoms with Crippen LogP contribution in [0.5, 0.6) is 0 Å². The van der Waals surface area contributed by atoms with Crippen molar-refractivity contribution < 1.29 is 9.18 Å². The molecule has 1 heterocycles. The SMILES string of the molecule is CCCNc1ncc(F)cc1C(=O)N(C)C(C)C(C)C. The van der Waals surface area contributed by atoms with Crippen LogP contribution in [0.15, 0.2) is 12.3 Å². The molecule has 0 spiro atoms. The molecule has 4 nitrogen and oxygen atoms in total. The molecule has 0 bridgehead atoms. The van der Waals surface area contributed by atoms with Crippen LogP contribution in [0, 0.1) is 11.7 Å². The minimum atomic E-state index is -0.499. The third kappa shape index (κ3) is 3.92. The Hall–Kier alpha value is -1.65. The Morgan fingerprint density at radius 1 is 1.45 bits per heavy atom. The first-order valence-corrected chi connectivity index (χ1v) is 7.05. The number of halogens is 1. The van der Waals surface area contributed by atoms with E-state index in [9.17, 15) is 9.18 Å². The van der Waals surface area contributed by atoms with E-state index in [2.05, 4.69) is 24.1 Å². The molecule has 0 saturated heterocycles. The highest BCUT2D eigenvalue weighted by Crippen LogP contribution is 2.18. The van der Waals surface area contributed by atoms with Crippen LogP contribution in [0.4, 0.5) is 10.2 Å². The van der Waals surface area contributed by atoms with Gasteiger partial charge in [0.2, 0.25) is 0 Å². The molecule has 5 heteroatoms. The maximum atomic E-state index is 13.4. The molecule has 0 aromatic carbocycles. The number of carbonyl (C=O) groups is 1. The standard InChI is InChI=1S/C15H24FN3O/c1-6-7-17-14-13(8-12(16)9-18-14)15(20)19(5)11(4)10(2)3/h8-11H,6-7H2,1-5H3,(H,17,18). The fourth-order valence-electron chi connectivity index (χ4n) is 1.81. The van der Waals surface area contributed by atoms with Crippen molar-refractivity contribution >= 4 is 11.7 Å². The highest BCUT2D eigenvalue weighted by molar-refractivity contribution is 5.98. The number of carbonyl (C=O) groups excluding carboxylic acids is 1. The molecule has 0 aliphatic rings. The highest BCUT2D eigenvalue weighted by Gasteiger charge is 2.23. The number of hydrogen-bond donors (Lipinski definition) is 1. The third-order valence-electron chi connectivity index (χ3n) is 3.52. The second kappa shape index (κ2) is 7.22. The van der Waals surface area contributed by atoms with Gasteiger partial charge < -0.3 is 10.2 Å². The quantitative estimate of drug-likeness (QED) is 0.871. The van der Waals surface area contributed by atoms with Crippen molar-refractivity contribution in [2.75, 3.05) is 18.9 Å². The van der Waals surface area contributed by atoms with E-state index in [0.29, 0.717) is 18.3 Å². The summed E-state index contributed by atoms with van der Waals surface area (Å²) in [5.74, 6) is 0.0661. The molecule has 1 amide bonds. The zero-order valence-corrected chi connectivity index (χ0v) is 12.9. The van der Waals surface area contributed by atoms with Gasteiger partial charge in [-0.15, -0.1) is 0 Å². The molecule has 0 fully saturated rings. The largest absolute Gasteiger partial charge is 0.369 e. The van der Waals surface area contributed by atoms with E-state index in [1.165, 1.54) is 6.07 Å². The predicted octanol–water partition coefficient (Wildman–Crippen LogP) is 3.16. The smallest absolute Gasteiger partial charge is 0.257 e. The second-order valence-corrected chi connectivity index (χ2v) is 5.38. The van der Waals surface area contributed by atoms with Crippen molar-refractivity contribution in [2.45, 2.75) is 40.2 Å². The van der Waals surface area contributed by atoms with E-state index >= 15 is 0 Å². The van der Waals surface area contributed by atoms with E-state index in [0.717, 1.165) is 12.6 Å². The summed E-state index contributed by atoms with van der Waals surface area (Å²) in [6, 6.07) is 1.32. The molecule has 1 aromatic rings. The molecule has 1 aromatic heterocycles. The van der Waals surface area contributed by atoms with Crippen molar-refractivity contribution in [1.82, 2.24) is 9.88 Å². The van der Waals surface area contributed by atoms with Crippen molar-refractivity contribution in [3.63, 3.8) is 0 Å². The topological polar surface area (TPSA) is 45.2 Å². The summed E-state index contributed by atoms with van der Waals surface area (Å²) >= 11 is 0. The van der Waals surface area contributed by atoms with Crippen LogP contribution < -0.4 is 5.32 Å². The highest BCUT2D eigenvalue weighted by atomic mass is 19.1. The van der Waals surface area contributed by atoms with Crippen LogP contribution in [-0.2, 0) is 0 Å². The van der Waals surface area contributed by atoms with Crippen molar-refractivity contribution in [3.05, 3.63) is 23.6 Å². The molecule has 1 unspecified atom stereocenters. The monoisotopic (exact) mass is 281 g/mol. The number of rotatable bonds is 6. The molecule has 112 valence electrons. The first-order valence-electron chi connectivity index (χ1n) is 7.05. The number of anilines is 1. The molecule has 20 heavy (non-hydrogen) atoms. The fraction of sp³-hybridized carbons (Fsp3) is 0.600. The van der Waals surface area contributed by atoms with Gasteiger partial charge in [-0.05, 0) is 25.3 Å². The first-order chi connectivity index (χ1) is 9.38. The average Bonchev–Trinajstić information content (AvgIpc) is 2.43. The number of aromatic nitrogens is 1. The normalized spacial score (nSPS) is 12.3. The zero-order valence-electron chi connectivity index (χ0n) is 12.9. The van der Waals surface area contributed by atoms with Gasteiger partial charge in [0, 0.05) is 19.6 Å². The van der Waals surface area contributed by atoms with E-state index in [-0.39, 0.29) is 17.5 Å². The summed E-state index contributed by atoms with van der Waals surface area (Å²) in [5.41, 5.74) is 0.286. The van der Waals surface area contributed by atoms with E-state index in [1.807, 2.05) is 13.8 Å². The molecule has 0 saturated carbocycles. The third-order valence-corrected chi connectivity index (χ3v) is 3.52. The summed E-state index contributed by atoms with van der Waals surface area (Å²) < 4.78 is 13.4. The molecule has 0 radical (unpaired) electrons. The minimum absolute atomic E-state index is 0.0739. The Bertz CT molecular complexity index is 462. The molecular formula is C15H24FN3O. The summed E-state index contributed by atoms with van der Waals surface area (Å²) in [6.45, 7) is 8.80. The molecule has 0 aliphatic heterocycles. The number of nitrogens with zero attached hydrogens (tertiary/aromatic N) is 2. The van der Waals surface area contributed by atoms with Gasteiger partial charge in [0.15, 0.2) is 0 Å². The molecule has 1 N–H and O–H groups in total. The number of amides is 1. The van der Waals surface area contributed by atoms with Crippen LogP contribution in [0.3, 0.4) is 0 Å². The van der Waals surface area contributed by atoms with Crippen LogP contribution in [0.1, 0.15) is 44.5 Å². The molecule has 1 rings (SSSR count). The average molecular weight is 281 g/mol. The van der Waals surface area contributed by atoms with Crippen LogP contribution in [0.2, 0.25) is 0 Å². The van der Waals surface area contributed by atoms with Gasteiger partial charge in [-0.3, -0.25) is 4.79 Å². The van der Waals surface area contributed by atoms with Crippen molar-refractivity contribution in [2.24, 2.45) is 5.92 Å². The molecule has 0 aliphatic carbocycles. The van der Waals surface area contributed by atoms with E-state index < -0.39 is 5.82 Å². The van der Waals surface area contributed by atoms with Crippen LogP contribution >= 0.6 is 0 Å². The maximum absolute atomic E-state index is 13.4. The lowest BCUT2D eigenvalue weighted by Crippen LogP contribution is -2.38. The van der Waals surface area contributed by atoms with Crippen molar-refractivity contribution in [1.29, 1.82) is 0 Å². The summed E-state index contributed by atoms with van der Waals surface area (Å²) in [7, 11) is 1.74. The maximum Gasteiger partial charge on any atom is 0.257 e. The predicted molar refractivity (Wildman–Crippen MR) is 79.4 cm³/mol. The number of nitrogens with one attached hydrogen (secondary N) is 1. The molecule has 1 atom stereocenters. The summed E-state index contributed by atoms with van der Waals surface area (Å²) in [6.07, 6.45) is 2.03. The minimum Gasteiger partial charge on any atom is -0.369 e. The van der Waals surface area contributed by atoms with Gasteiger partial charge >= 0.3 is 0 Å². The Balaban J connectivity index is 3.04. The molecular weight excluding hydrogens is 257 g/mol. The van der Waals surface area contributed by atoms with E-state index in [1.54, 1.807) is 11.9 Å². The summed E-state index contributed by atoms with van der Waals surface area (Å²) in [5, 5.41) is 3.07. The first kappa shape index (κ1) is 16.4. The van der Waals surface area contributed by atoms with Gasteiger partial charge in [-0.2, -0.15) is 0 Å². The van der Waals surface area contributed by atoms with Gasteiger partial charge in [0.1, 0.15) is 11.6 Å². The van der Waals surface area contributed by atoms with Crippen molar-refractivity contribution in [3.8, 4) is 0 Å². The lowest BCUT2D eigenvalue weighted by molar-refractivity contribution is 0.0707.